The lowest BCUT2D eigenvalue weighted by molar-refractivity contribution is 0.679. The molecule has 0 atom stereocenters. The number of pyridine rings is 1. The van der Waals surface area contributed by atoms with Gasteiger partial charge in [-0.1, -0.05) is 42.0 Å². The van der Waals surface area contributed by atoms with Gasteiger partial charge in [0.1, 0.15) is 5.82 Å². The third kappa shape index (κ3) is 5.64. The van der Waals surface area contributed by atoms with Crippen LogP contribution in [0.4, 0.5) is 11.8 Å². The lowest BCUT2D eigenvalue weighted by Gasteiger charge is -2.14. The molecule has 0 bridgehead atoms. The normalized spacial score (nSPS) is 13.6. The number of allylic oxidation sites excluding steroid dienone is 1. The molecule has 3 aromatic rings. The topological polar surface area (TPSA) is 62.7 Å². The van der Waals surface area contributed by atoms with E-state index in [0.717, 1.165) is 30.0 Å². The molecule has 0 saturated carbocycles. The highest BCUT2D eigenvalue weighted by Crippen LogP contribution is 2.23. The summed E-state index contributed by atoms with van der Waals surface area (Å²) in [5.74, 6) is 1.48. The highest BCUT2D eigenvalue weighted by molar-refractivity contribution is 5.64. The maximum Gasteiger partial charge on any atom is 0.225 e. The molecule has 0 aliphatic heterocycles. The Kier molecular flexibility index (Phi) is 6.48. The first-order valence-corrected chi connectivity index (χ1v) is 10.4. The lowest BCUT2D eigenvalue weighted by atomic mass is 9.97. The number of benzene rings is 1. The summed E-state index contributed by atoms with van der Waals surface area (Å²) in [5, 5.41) is 6.85. The summed E-state index contributed by atoms with van der Waals surface area (Å²) in [6, 6.07) is 16.2. The van der Waals surface area contributed by atoms with E-state index < -0.39 is 0 Å². The molecule has 148 valence electrons. The van der Waals surface area contributed by atoms with E-state index in [1.54, 1.807) is 18.0 Å². The van der Waals surface area contributed by atoms with Crippen LogP contribution in [0.1, 0.15) is 37.7 Å². The summed E-state index contributed by atoms with van der Waals surface area (Å²) >= 11 is 0. The van der Waals surface area contributed by atoms with Gasteiger partial charge in [0.2, 0.25) is 5.95 Å². The molecule has 1 aliphatic rings. The van der Waals surface area contributed by atoms with Gasteiger partial charge in [0, 0.05) is 37.1 Å². The molecule has 2 heterocycles. The first-order valence-electron chi connectivity index (χ1n) is 10.4. The maximum atomic E-state index is 4.75. The van der Waals surface area contributed by atoms with Gasteiger partial charge in [0.05, 0.1) is 5.69 Å². The van der Waals surface area contributed by atoms with Crippen LogP contribution < -0.4 is 10.6 Å². The number of anilines is 2. The van der Waals surface area contributed by atoms with Crippen molar-refractivity contribution in [3.8, 4) is 11.3 Å². The predicted octanol–water partition coefficient (Wildman–Crippen LogP) is 5.45. The quantitative estimate of drug-likeness (QED) is 0.505. The van der Waals surface area contributed by atoms with Crippen molar-refractivity contribution in [2.75, 3.05) is 17.2 Å². The second kappa shape index (κ2) is 9.82. The van der Waals surface area contributed by atoms with Crippen molar-refractivity contribution < 1.29 is 0 Å². The van der Waals surface area contributed by atoms with Gasteiger partial charge in [-0.25, -0.2) is 4.98 Å². The van der Waals surface area contributed by atoms with E-state index in [-0.39, 0.29) is 0 Å². The molecule has 0 saturated heterocycles. The first-order chi connectivity index (χ1) is 14.4. The van der Waals surface area contributed by atoms with E-state index >= 15 is 0 Å². The molecule has 1 aliphatic carbocycles. The van der Waals surface area contributed by atoms with Crippen molar-refractivity contribution in [3.63, 3.8) is 0 Å². The van der Waals surface area contributed by atoms with Gasteiger partial charge < -0.3 is 10.6 Å². The fraction of sp³-hybridized carbons (Fsp3) is 0.292. The van der Waals surface area contributed by atoms with Crippen LogP contribution in [0.15, 0.2) is 72.6 Å². The predicted molar refractivity (Wildman–Crippen MR) is 119 cm³/mol. The number of nitrogens with one attached hydrogen (secondary N) is 2. The molecule has 29 heavy (non-hydrogen) atoms. The van der Waals surface area contributed by atoms with E-state index in [2.05, 4.69) is 38.8 Å². The second-order valence-electron chi connectivity index (χ2n) is 7.32. The Morgan fingerprint density at radius 3 is 2.55 bits per heavy atom. The molecule has 4 rings (SSSR count). The van der Waals surface area contributed by atoms with Crippen LogP contribution in [-0.4, -0.2) is 21.5 Å². The third-order valence-electron chi connectivity index (χ3n) is 5.13. The summed E-state index contributed by atoms with van der Waals surface area (Å²) in [7, 11) is 0. The SMILES string of the molecule is C1=C(CCNc2nc(NCc3ccncc3)cc(-c3ccccc3)n2)CCCC1. The zero-order valence-corrected chi connectivity index (χ0v) is 16.6. The van der Waals surface area contributed by atoms with Crippen LogP contribution in [0.5, 0.6) is 0 Å². The third-order valence-corrected chi connectivity index (χ3v) is 5.13. The Morgan fingerprint density at radius 2 is 1.76 bits per heavy atom. The minimum atomic E-state index is 0.667. The highest BCUT2D eigenvalue weighted by atomic mass is 15.1. The van der Waals surface area contributed by atoms with Crippen LogP contribution in [0.25, 0.3) is 11.3 Å². The number of rotatable bonds is 8. The molecular formula is C24H27N5. The van der Waals surface area contributed by atoms with Crippen LogP contribution in [-0.2, 0) is 6.54 Å². The summed E-state index contributed by atoms with van der Waals surface area (Å²) < 4.78 is 0. The first kappa shape index (κ1) is 19.1. The van der Waals surface area contributed by atoms with Gasteiger partial charge in [-0.2, -0.15) is 4.98 Å². The molecule has 1 aromatic carbocycles. The van der Waals surface area contributed by atoms with Gasteiger partial charge in [0.15, 0.2) is 0 Å². The molecule has 0 spiro atoms. The maximum absolute atomic E-state index is 4.75. The average Bonchev–Trinajstić information content (AvgIpc) is 2.80. The summed E-state index contributed by atoms with van der Waals surface area (Å²) in [5.41, 5.74) is 4.72. The summed E-state index contributed by atoms with van der Waals surface area (Å²) in [4.78, 5) is 13.5. The fourth-order valence-corrected chi connectivity index (χ4v) is 3.53. The van der Waals surface area contributed by atoms with Crippen molar-refractivity contribution in [1.82, 2.24) is 15.0 Å². The fourth-order valence-electron chi connectivity index (χ4n) is 3.53. The number of nitrogens with zero attached hydrogens (tertiary/aromatic N) is 3. The molecule has 2 aromatic heterocycles. The Labute approximate surface area is 172 Å². The molecule has 0 amide bonds. The zero-order valence-electron chi connectivity index (χ0n) is 16.6. The smallest absolute Gasteiger partial charge is 0.225 e. The average molecular weight is 386 g/mol. The van der Waals surface area contributed by atoms with Gasteiger partial charge >= 0.3 is 0 Å². The van der Waals surface area contributed by atoms with E-state index in [0.29, 0.717) is 12.5 Å². The van der Waals surface area contributed by atoms with Crippen LogP contribution in [0.2, 0.25) is 0 Å². The van der Waals surface area contributed by atoms with Gasteiger partial charge in [-0.05, 0) is 49.8 Å². The second-order valence-corrected chi connectivity index (χ2v) is 7.32. The Bertz CT molecular complexity index is 938. The van der Waals surface area contributed by atoms with Crippen molar-refractivity contribution in [2.24, 2.45) is 0 Å². The molecule has 5 nitrogen and oxygen atoms in total. The van der Waals surface area contributed by atoms with Crippen LogP contribution >= 0.6 is 0 Å². The molecule has 5 heteroatoms. The number of hydrogen-bond acceptors (Lipinski definition) is 5. The van der Waals surface area contributed by atoms with Crippen molar-refractivity contribution in [1.29, 1.82) is 0 Å². The summed E-state index contributed by atoms with van der Waals surface area (Å²) in [6.45, 7) is 1.55. The molecule has 0 radical (unpaired) electrons. The Balaban J connectivity index is 1.48. The number of aromatic nitrogens is 3. The molecule has 2 N–H and O–H groups in total. The molecular weight excluding hydrogens is 358 g/mol. The lowest BCUT2D eigenvalue weighted by Crippen LogP contribution is -2.10. The van der Waals surface area contributed by atoms with Crippen molar-refractivity contribution in [2.45, 2.75) is 38.6 Å². The Morgan fingerprint density at radius 1 is 0.897 bits per heavy atom. The van der Waals surface area contributed by atoms with Crippen LogP contribution in [0, 0.1) is 0 Å². The van der Waals surface area contributed by atoms with E-state index in [1.165, 1.54) is 31.2 Å². The highest BCUT2D eigenvalue weighted by Gasteiger charge is 2.08. The standard InChI is InChI=1S/C24H27N5/c1-3-7-19(8-4-1)13-16-26-24-28-22(21-9-5-2-6-10-21)17-23(29-24)27-18-20-11-14-25-15-12-20/h2,5-7,9-12,14-15,17H,1,3-4,8,13,16,18H2,(H2,26,27,28,29). The van der Waals surface area contributed by atoms with Crippen molar-refractivity contribution >= 4 is 11.8 Å². The van der Waals surface area contributed by atoms with Gasteiger partial charge in [-0.3, -0.25) is 4.98 Å². The van der Waals surface area contributed by atoms with Crippen molar-refractivity contribution in [3.05, 3.63) is 78.1 Å². The van der Waals surface area contributed by atoms with Crippen LogP contribution in [0.3, 0.4) is 0 Å². The minimum Gasteiger partial charge on any atom is -0.366 e. The Hall–Kier alpha value is -3.21. The monoisotopic (exact) mass is 385 g/mol. The zero-order chi connectivity index (χ0) is 19.7. The number of hydrogen-bond donors (Lipinski definition) is 2. The minimum absolute atomic E-state index is 0.667. The summed E-state index contributed by atoms with van der Waals surface area (Å²) in [6.07, 6.45) is 12.1. The van der Waals surface area contributed by atoms with E-state index in [1.807, 2.05) is 36.4 Å². The molecule has 0 fully saturated rings. The molecule has 0 unspecified atom stereocenters. The van der Waals surface area contributed by atoms with E-state index in [4.69, 9.17) is 4.98 Å². The largest absolute Gasteiger partial charge is 0.366 e. The van der Waals surface area contributed by atoms with Gasteiger partial charge in [-0.15, -0.1) is 0 Å². The van der Waals surface area contributed by atoms with Gasteiger partial charge in [0.25, 0.3) is 0 Å². The van der Waals surface area contributed by atoms with E-state index in [9.17, 15) is 0 Å².